The molecule has 2 bridgehead atoms. The number of carboxylic acid groups (broad SMARTS) is 1. The van der Waals surface area contributed by atoms with Gasteiger partial charge in [0.25, 0.3) is 0 Å². The molecule has 3 rings (SSSR count). The molecule has 6 heteroatoms. The van der Waals surface area contributed by atoms with Crippen LogP contribution in [0.2, 0.25) is 0 Å². The number of hydrogen-bond acceptors (Lipinski definition) is 5. The van der Waals surface area contributed by atoms with Crippen LogP contribution in [0.15, 0.2) is 10.6 Å². The van der Waals surface area contributed by atoms with Gasteiger partial charge in [-0.2, -0.15) is 0 Å². The number of carbonyl (C=O) groups is 1. The van der Waals surface area contributed by atoms with Crippen LogP contribution in [0.1, 0.15) is 48.4 Å². The van der Waals surface area contributed by atoms with E-state index >= 15 is 0 Å². The van der Waals surface area contributed by atoms with Crippen LogP contribution in [0.5, 0.6) is 0 Å². The molecular weight excluding hydrogens is 258 g/mol. The Morgan fingerprint density at radius 2 is 2.20 bits per heavy atom. The fourth-order valence-electron chi connectivity index (χ4n) is 3.52. The summed E-state index contributed by atoms with van der Waals surface area (Å²) >= 11 is 0. The van der Waals surface area contributed by atoms with Gasteiger partial charge in [0.1, 0.15) is 0 Å². The average Bonchev–Trinajstić information content (AvgIpc) is 2.86. The molecule has 2 N–H and O–H groups in total. The summed E-state index contributed by atoms with van der Waals surface area (Å²) in [6.45, 7) is 0.550. The van der Waals surface area contributed by atoms with Crippen LogP contribution >= 0.6 is 0 Å². The third kappa shape index (κ3) is 2.71. The van der Waals surface area contributed by atoms with Crippen molar-refractivity contribution in [2.45, 2.75) is 56.8 Å². The second-order valence-corrected chi connectivity index (χ2v) is 5.94. The number of fused-ring (bicyclic) bond motifs is 2. The number of rotatable bonds is 4. The molecule has 0 amide bonds. The highest BCUT2D eigenvalue weighted by atomic mass is 16.5. The number of piperidine rings is 2. The van der Waals surface area contributed by atoms with Gasteiger partial charge in [0.05, 0.1) is 6.54 Å². The first-order valence-electron chi connectivity index (χ1n) is 7.27. The van der Waals surface area contributed by atoms with Gasteiger partial charge in [-0.15, -0.1) is 0 Å². The zero-order valence-corrected chi connectivity index (χ0v) is 11.7. The molecule has 2 saturated heterocycles. The van der Waals surface area contributed by atoms with Crippen molar-refractivity contribution in [2.24, 2.45) is 0 Å². The molecule has 0 radical (unpaired) electrons. The predicted octanol–water partition coefficient (Wildman–Crippen LogP) is 1.48. The fraction of sp³-hybridized carbons (Fsp3) is 0.714. The molecule has 3 heterocycles. The summed E-state index contributed by atoms with van der Waals surface area (Å²) in [4.78, 5) is 13.3. The maximum absolute atomic E-state index is 10.7. The minimum absolute atomic E-state index is 0.0259. The normalized spacial score (nSPS) is 30.4. The van der Waals surface area contributed by atoms with Gasteiger partial charge in [0.15, 0.2) is 11.5 Å². The van der Waals surface area contributed by atoms with E-state index in [1.165, 1.54) is 25.3 Å². The molecule has 2 aliphatic rings. The number of nitrogens with one attached hydrogen (secondary N) is 1. The lowest BCUT2D eigenvalue weighted by Crippen LogP contribution is -2.54. The van der Waals surface area contributed by atoms with E-state index < -0.39 is 5.97 Å². The number of aromatic carboxylic acids is 1. The lowest BCUT2D eigenvalue weighted by Gasteiger charge is -2.47. The summed E-state index contributed by atoms with van der Waals surface area (Å²) in [7, 11) is 2.24. The minimum Gasteiger partial charge on any atom is -0.476 e. The van der Waals surface area contributed by atoms with Crippen LogP contribution in [0, 0.1) is 0 Å². The van der Waals surface area contributed by atoms with Crippen molar-refractivity contribution >= 4 is 5.97 Å². The Balaban J connectivity index is 1.55. The Labute approximate surface area is 118 Å². The number of aromatic nitrogens is 1. The molecular formula is C14H21N3O3. The van der Waals surface area contributed by atoms with Crippen molar-refractivity contribution in [1.82, 2.24) is 15.4 Å². The molecule has 2 aliphatic heterocycles. The van der Waals surface area contributed by atoms with E-state index in [-0.39, 0.29) is 5.69 Å². The van der Waals surface area contributed by atoms with Crippen LogP contribution in [0.3, 0.4) is 0 Å². The van der Waals surface area contributed by atoms with Gasteiger partial charge in [0, 0.05) is 24.2 Å². The summed E-state index contributed by atoms with van der Waals surface area (Å²) in [5.41, 5.74) is -0.0259. The first-order valence-corrected chi connectivity index (χ1v) is 7.27. The van der Waals surface area contributed by atoms with E-state index in [0.29, 0.717) is 30.4 Å². The van der Waals surface area contributed by atoms with Gasteiger partial charge in [0.2, 0.25) is 0 Å². The van der Waals surface area contributed by atoms with E-state index in [1.54, 1.807) is 0 Å². The molecule has 0 spiro atoms. The average molecular weight is 279 g/mol. The highest BCUT2D eigenvalue weighted by molar-refractivity contribution is 5.85. The SMILES string of the molecule is CN1C2CCCC1CC(NCc1cc(C(=O)O)no1)C2. The zero-order valence-electron chi connectivity index (χ0n) is 11.7. The van der Waals surface area contributed by atoms with Gasteiger partial charge >= 0.3 is 5.97 Å². The fourth-order valence-corrected chi connectivity index (χ4v) is 3.52. The van der Waals surface area contributed by atoms with Crippen LogP contribution in [-0.4, -0.2) is 46.3 Å². The quantitative estimate of drug-likeness (QED) is 0.869. The summed E-state index contributed by atoms with van der Waals surface area (Å²) in [5.74, 6) is -0.458. The van der Waals surface area contributed by atoms with Crippen LogP contribution in [0.4, 0.5) is 0 Å². The maximum atomic E-state index is 10.7. The Morgan fingerprint density at radius 1 is 1.50 bits per heavy atom. The van der Waals surface area contributed by atoms with E-state index in [4.69, 9.17) is 9.63 Å². The Kier molecular flexibility index (Phi) is 3.76. The van der Waals surface area contributed by atoms with Gasteiger partial charge in [-0.3, -0.25) is 0 Å². The topological polar surface area (TPSA) is 78.6 Å². The van der Waals surface area contributed by atoms with Crippen molar-refractivity contribution < 1.29 is 14.4 Å². The van der Waals surface area contributed by atoms with Gasteiger partial charge in [-0.05, 0) is 32.7 Å². The van der Waals surface area contributed by atoms with Gasteiger partial charge in [-0.1, -0.05) is 11.6 Å². The molecule has 110 valence electrons. The molecule has 0 saturated carbocycles. The Morgan fingerprint density at radius 3 is 2.80 bits per heavy atom. The molecule has 1 aromatic heterocycles. The smallest absolute Gasteiger partial charge is 0.358 e. The summed E-state index contributed by atoms with van der Waals surface area (Å²) in [6.07, 6.45) is 6.24. The van der Waals surface area contributed by atoms with Crippen molar-refractivity contribution in [3.8, 4) is 0 Å². The van der Waals surface area contributed by atoms with Crippen molar-refractivity contribution in [3.63, 3.8) is 0 Å². The van der Waals surface area contributed by atoms with E-state index in [2.05, 4.69) is 22.4 Å². The summed E-state index contributed by atoms with van der Waals surface area (Å²) < 4.78 is 5.03. The van der Waals surface area contributed by atoms with Crippen LogP contribution < -0.4 is 5.32 Å². The summed E-state index contributed by atoms with van der Waals surface area (Å²) in [6, 6.07) is 3.35. The van der Waals surface area contributed by atoms with Crippen LogP contribution in [-0.2, 0) is 6.54 Å². The molecule has 6 nitrogen and oxygen atoms in total. The highest BCUT2D eigenvalue weighted by Gasteiger charge is 2.35. The van der Waals surface area contributed by atoms with Crippen molar-refractivity contribution in [2.75, 3.05) is 7.05 Å². The first kappa shape index (κ1) is 13.6. The van der Waals surface area contributed by atoms with Crippen LogP contribution in [0.25, 0.3) is 0 Å². The maximum Gasteiger partial charge on any atom is 0.358 e. The highest BCUT2D eigenvalue weighted by Crippen LogP contribution is 2.32. The molecule has 0 aromatic carbocycles. The van der Waals surface area contributed by atoms with Gasteiger partial charge < -0.3 is 19.8 Å². The molecule has 2 atom stereocenters. The second kappa shape index (κ2) is 5.54. The molecule has 20 heavy (non-hydrogen) atoms. The predicted molar refractivity (Wildman–Crippen MR) is 72.5 cm³/mol. The third-order valence-corrected chi connectivity index (χ3v) is 4.68. The monoisotopic (exact) mass is 279 g/mol. The molecule has 1 aromatic rings. The standard InChI is InChI=1S/C14H21N3O3/c1-17-10-3-2-4-11(17)6-9(5-10)15-8-12-7-13(14(18)19)16-20-12/h7,9-11,15H,2-6,8H2,1H3,(H,18,19). The molecule has 2 unspecified atom stereocenters. The Bertz CT molecular complexity index is 474. The van der Waals surface area contributed by atoms with Crippen molar-refractivity contribution in [3.05, 3.63) is 17.5 Å². The first-order chi connectivity index (χ1) is 9.63. The van der Waals surface area contributed by atoms with Gasteiger partial charge in [-0.25, -0.2) is 4.79 Å². The summed E-state index contributed by atoms with van der Waals surface area (Å²) in [5, 5.41) is 15.8. The number of hydrogen-bond donors (Lipinski definition) is 2. The largest absolute Gasteiger partial charge is 0.476 e. The minimum atomic E-state index is -1.05. The van der Waals surface area contributed by atoms with E-state index in [1.807, 2.05) is 0 Å². The second-order valence-electron chi connectivity index (χ2n) is 5.94. The molecule has 0 aliphatic carbocycles. The Hall–Kier alpha value is -1.40. The lowest BCUT2D eigenvalue weighted by atomic mass is 9.82. The van der Waals surface area contributed by atoms with Crippen molar-refractivity contribution in [1.29, 1.82) is 0 Å². The van der Waals surface area contributed by atoms with E-state index in [9.17, 15) is 4.79 Å². The van der Waals surface area contributed by atoms with E-state index in [0.717, 1.165) is 12.8 Å². The lowest BCUT2D eigenvalue weighted by molar-refractivity contribution is 0.0477. The zero-order chi connectivity index (χ0) is 14.1. The molecule has 2 fully saturated rings. The number of carboxylic acids is 1. The third-order valence-electron chi connectivity index (χ3n) is 4.68. The number of nitrogens with zero attached hydrogens (tertiary/aromatic N) is 2.